The highest BCUT2D eigenvalue weighted by Gasteiger charge is 2.55. The lowest BCUT2D eigenvalue weighted by molar-refractivity contribution is -0.130. The summed E-state index contributed by atoms with van der Waals surface area (Å²) in [6, 6.07) is 0. The van der Waals surface area contributed by atoms with E-state index in [1.54, 1.807) is 0 Å². The van der Waals surface area contributed by atoms with E-state index in [0.717, 1.165) is 0 Å². The number of rotatable bonds is 1. The fraction of sp³-hybridized carbons (Fsp3) is 0.900. The SMILES string of the molecule is O=C1C[C@H](C2CCCCC2)C1(Cl)Cl. The molecule has 1 nitrogen and oxygen atoms in total. The molecule has 0 spiro atoms. The smallest absolute Gasteiger partial charge is 0.179 e. The molecule has 0 unspecified atom stereocenters. The fourth-order valence-corrected chi connectivity index (χ4v) is 3.20. The number of hydrogen-bond donors (Lipinski definition) is 0. The van der Waals surface area contributed by atoms with Gasteiger partial charge in [-0.05, 0) is 5.92 Å². The van der Waals surface area contributed by atoms with E-state index in [1.165, 1.54) is 32.1 Å². The lowest BCUT2D eigenvalue weighted by atomic mass is 9.68. The first kappa shape index (κ1) is 9.79. The zero-order valence-corrected chi connectivity index (χ0v) is 9.07. The molecule has 2 aliphatic rings. The van der Waals surface area contributed by atoms with E-state index in [1.807, 2.05) is 0 Å². The maximum atomic E-state index is 11.1. The van der Waals surface area contributed by atoms with Crippen LogP contribution in [-0.2, 0) is 4.79 Å². The van der Waals surface area contributed by atoms with Gasteiger partial charge in [0, 0.05) is 12.3 Å². The molecule has 0 aliphatic heterocycles. The molecule has 3 heteroatoms. The van der Waals surface area contributed by atoms with Crippen molar-refractivity contribution in [1.82, 2.24) is 0 Å². The molecule has 0 amide bonds. The van der Waals surface area contributed by atoms with E-state index < -0.39 is 4.33 Å². The highest BCUT2D eigenvalue weighted by atomic mass is 35.5. The standard InChI is InChI=1S/C10H14Cl2O/c11-10(12)8(6-9(10)13)7-4-2-1-3-5-7/h7-8H,1-6H2/t8-/m1/s1. The van der Waals surface area contributed by atoms with Gasteiger partial charge in [0.1, 0.15) is 0 Å². The molecular formula is C10H14Cl2O. The van der Waals surface area contributed by atoms with Crippen LogP contribution in [0.3, 0.4) is 0 Å². The van der Waals surface area contributed by atoms with Crippen molar-refractivity contribution < 1.29 is 4.79 Å². The molecule has 0 radical (unpaired) electrons. The molecule has 0 aromatic heterocycles. The summed E-state index contributed by atoms with van der Waals surface area (Å²) >= 11 is 11.9. The minimum atomic E-state index is -1.04. The van der Waals surface area contributed by atoms with Crippen LogP contribution >= 0.6 is 23.2 Å². The van der Waals surface area contributed by atoms with Crippen LogP contribution in [-0.4, -0.2) is 10.1 Å². The first-order valence-corrected chi connectivity index (χ1v) is 5.79. The minimum Gasteiger partial charge on any atom is -0.296 e. The van der Waals surface area contributed by atoms with Gasteiger partial charge in [-0.2, -0.15) is 0 Å². The molecule has 2 saturated carbocycles. The quantitative estimate of drug-likeness (QED) is 0.620. The zero-order valence-electron chi connectivity index (χ0n) is 7.56. The van der Waals surface area contributed by atoms with Crippen molar-refractivity contribution in [3.8, 4) is 0 Å². The lowest BCUT2D eigenvalue weighted by Crippen LogP contribution is -2.51. The van der Waals surface area contributed by atoms with E-state index in [9.17, 15) is 4.79 Å². The molecule has 0 N–H and O–H groups in total. The van der Waals surface area contributed by atoms with E-state index in [-0.39, 0.29) is 11.7 Å². The number of carbonyl (C=O) groups excluding carboxylic acids is 1. The van der Waals surface area contributed by atoms with Gasteiger partial charge >= 0.3 is 0 Å². The zero-order chi connectivity index (χ0) is 9.47. The van der Waals surface area contributed by atoms with E-state index in [4.69, 9.17) is 23.2 Å². The van der Waals surface area contributed by atoms with Crippen LogP contribution in [0, 0.1) is 11.8 Å². The predicted octanol–water partition coefficient (Wildman–Crippen LogP) is 3.33. The van der Waals surface area contributed by atoms with E-state index in [2.05, 4.69) is 0 Å². The third kappa shape index (κ3) is 1.61. The largest absolute Gasteiger partial charge is 0.296 e. The number of alkyl halides is 2. The second-order valence-corrected chi connectivity index (χ2v) is 5.64. The number of carbonyl (C=O) groups is 1. The number of hydrogen-bond acceptors (Lipinski definition) is 1. The number of Topliss-reactive ketones (excluding diaryl/α,β-unsaturated/α-hetero) is 1. The summed E-state index contributed by atoms with van der Waals surface area (Å²) in [6.45, 7) is 0. The molecule has 0 saturated heterocycles. The van der Waals surface area contributed by atoms with Crippen molar-refractivity contribution in [3.05, 3.63) is 0 Å². The summed E-state index contributed by atoms with van der Waals surface area (Å²) < 4.78 is -1.04. The molecule has 0 heterocycles. The second-order valence-electron chi connectivity index (χ2n) is 4.25. The first-order chi connectivity index (χ1) is 6.12. The van der Waals surface area contributed by atoms with Gasteiger partial charge in [-0.25, -0.2) is 0 Å². The average Bonchev–Trinajstić information content (AvgIpc) is 2.15. The Morgan fingerprint density at radius 3 is 2.23 bits per heavy atom. The molecular weight excluding hydrogens is 207 g/mol. The second kappa shape index (κ2) is 3.43. The first-order valence-electron chi connectivity index (χ1n) is 5.03. The van der Waals surface area contributed by atoms with Gasteiger partial charge in [-0.1, -0.05) is 55.3 Å². The van der Waals surface area contributed by atoms with E-state index in [0.29, 0.717) is 12.3 Å². The van der Waals surface area contributed by atoms with Crippen LogP contribution < -0.4 is 0 Å². The monoisotopic (exact) mass is 220 g/mol. The van der Waals surface area contributed by atoms with Crippen molar-refractivity contribution in [2.75, 3.05) is 0 Å². The topological polar surface area (TPSA) is 17.1 Å². The highest BCUT2D eigenvalue weighted by molar-refractivity contribution is 6.60. The number of ketones is 1. The Bertz CT molecular complexity index is 219. The van der Waals surface area contributed by atoms with Crippen LogP contribution in [0.5, 0.6) is 0 Å². The van der Waals surface area contributed by atoms with Gasteiger partial charge in [0.05, 0.1) is 0 Å². The highest BCUT2D eigenvalue weighted by Crippen LogP contribution is 2.51. The van der Waals surface area contributed by atoms with Crippen molar-refractivity contribution in [3.63, 3.8) is 0 Å². The van der Waals surface area contributed by atoms with Crippen LogP contribution in [0.1, 0.15) is 38.5 Å². The molecule has 13 heavy (non-hydrogen) atoms. The summed E-state index contributed by atoms with van der Waals surface area (Å²) in [5.74, 6) is 0.858. The van der Waals surface area contributed by atoms with Crippen LogP contribution in [0.4, 0.5) is 0 Å². The normalized spacial score (nSPS) is 34.3. The van der Waals surface area contributed by atoms with Crippen LogP contribution in [0.2, 0.25) is 0 Å². The van der Waals surface area contributed by atoms with Gasteiger partial charge in [0.15, 0.2) is 10.1 Å². The Morgan fingerprint density at radius 1 is 1.15 bits per heavy atom. The van der Waals surface area contributed by atoms with Gasteiger partial charge in [0.2, 0.25) is 0 Å². The molecule has 2 aliphatic carbocycles. The van der Waals surface area contributed by atoms with Crippen LogP contribution in [0.25, 0.3) is 0 Å². The Balaban J connectivity index is 1.98. The maximum Gasteiger partial charge on any atom is 0.179 e. The van der Waals surface area contributed by atoms with Crippen molar-refractivity contribution in [2.24, 2.45) is 11.8 Å². The number of halogens is 2. The summed E-state index contributed by atoms with van der Waals surface area (Å²) in [5.41, 5.74) is 0. The van der Waals surface area contributed by atoms with Gasteiger partial charge in [0.25, 0.3) is 0 Å². The third-order valence-electron chi connectivity index (χ3n) is 3.46. The minimum absolute atomic E-state index is 0.0198. The maximum absolute atomic E-state index is 11.1. The molecule has 74 valence electrons. The van der Waals surface area contributed by atoms with E-state index >= 15 is 0 Å². The molecule has 2 fully saturated rings. The molecule has 0 aromatic carbocycles. The van der Waals surface area contributed by atoms with Gasteiger partial charge < -0.3 is 0 Å². The summed E-state index contributed by atoms with van der Waals surface area (Å²) in [4.78, 5) is 11.1. The Kier molecular flexibility index (Phi) is 2.59. The van der Waals surface area contributed by atoms with Crippen molar-refractivity contribution >= 4 is 29.0 Å². The Hall–Kier alpha value is 0.250. The van der Waals surface area contributed by atoms with Gasteiger partial charge in [-0.3, -0.25) is 4.79 Å². The molecule has 0 aromatic rings. The molecule has 0 bridgehead atoms. The summed E-state index contributed by atoms with van der Waals surface area (Å²) in [5, 5.41) is 0. The lowest BCUT2D eigenvalue weighted by Gasteiger charge is -2.44. The van der Waals surface area contributed by atoms with Crippen LogP contribution in [0.15, 0.2) is 0 Å². The third-order valence-corrected chi connectivity index (χ3v) is 4.44. The summed E-state index contributed by atoms with van der Waals surface area (Å²) in [6.07, 6.45) is 6.91. The molecule has 2 rings (SSSR count). The van der Waals surface area contributed by atoms with Gasteiger partial charge in [-0.15, -0.1) is 0 Å². The summed E-state index contributed by atoms with van der Waals surface area (Å²) in [7, 11) is 0. The molecule has 1 atom stereocenters. The average molecular weight is 221 g/mol. The fourth-order valence-electron chi connectivity index (χ4n) is 2.54. The van der Waals surface area contributed by atoms with Crippen molar-refractivity contribution in [1.29, 1.82) is 0 Å². The Labute approximate surface area is 88.8 Å². The Morgan fingerprint density at radius 2 is 1.77 bits per heavy atom. The van der Waals surface area contributed by atoms with Crippen molar-refractivity contribution in [2.45, 2.75) is 42.9 Å². The predicted molar refractivity (Wildman–Crippen MR) is 54.1 cm³/mol.